The number of carbonyl (C=O) groups is 1. The summed E-state index contributed by atoms with van der Waals surface area (Å²) in [6, 6.07) is 0. The smallest absolute Gasteiger partial charge is 0.238 e. The zero-order chi connectivity index (χ0) is 7.56. The summed E-state index contributed by atoms with van der Waals surface area (Å²) in [6.45, 7) is 7.86. The number of thioether (sulfide) groups is 1. The topological polar surface area (TPSA) is 20.3 Å². The molecular formula is C7H9NOS. The van der Waals surface area contributed by atoms with Crippen LogP contribution in [0.3, 0.4) is 0 Å². The Morgan fingerprint density at radius 1 is 1.80 bits per heavy atom. The molecule has 0 radical (unpaired) electrons. The second-order valence-electron chi connectivity index (χ2n) is 1.98. The quantitative estimate of drug-likeness (QED) is 0.559. The normalized spacial score (nSPS) is 18.2. The van der Waals surface area contributed by atoms with Crippen molar-refractivity contribution in [3.63, 3.8) is 0 Å². The Bertz CT molecular complexity index is 172. The average Bonchev–Trinajstić information content (AvgIpc) is 2.20. The molecule has 0 N–H and O–H groups in total. The fourth-order valence-corrected chi connectivity index (χ4v) is 1.55. The van der Waals surface area contributed by atoms with Gasteiger partial charge in [-0.1, -0.05) is 24.4 Å². The Labute approximate surface area is 64.6 Å². The van der Waals surface area contributed by atoms with Crippen LogP contribution in [0, 0.1) is 0 Å². The largest absolute Gasteiger partial charge is 0.303 e. The Balaban J connectivity index is 2.62. The molecule has 2 nitrogen and oxygen atoms in total. The standard InChI is InChI=1S/C7H9NOS/c1-3-4-8-6(2)10-5-7(8)9/h3H,1-2,4-5H2. The summed E-state index contributed by atoms with van der Waals surface area (Å²) in [5.41, 5.74) is 0. The van der Waals surface area contributed by atoms with E-state index < -0.39 is 0 Å². The van der Waals surface area contributed by atoms with Gasteiger partial charge in [0, 0.05) is 6.54 Å². The number of hydrogen-bond acceptors (Lipinski definition) is 2. The summed E-state index contributed by atoms with van der Waals surface area (Å²) in [4.78, 5) is 12.6. The first-order chi connectivity index (χ1) is 4.75. The fourth-order valence-electron chi connectivity index (χ4n) is 0.773. The van der Waals surface area contributed by atoms with Crippen LogP contribution in [0.1, 0.15) is 0 Å². The van der Waals surface area contributed by atoms with Crippen molar-refractivity contribution in [2.24, 2.45) is 0 Å². The van der Waals surface area contributed by atoms with Gasteiger partial charge in [0.05, 0.1) is 10.8 Å². The van der Waals surface area contributed by atoms with Crippen molar-refractivity contribution in [1.82, 2.24) is 4.90 Å². The van der Waals surface area contributed by atoms with E-state index in [2.05, 4.69) is 13.2 Å². The van der Waals surface area contributed by atoms with Crippen molar-refractivity contribution in [1.29, 1.82) is 0 Å². The Kier molecular flexibility index (Phi) is 2.17. The van der Waals surface area contributed by atoms with Gasteiger partial charge in [-0.2, -0.15) is 0 Å². The number of amides is 1. The second-order valence-corrected chi connectivity index (χ2v) is 3.02. The van der Waals surface area contributed by atoms with Crippen LogP contribution in [0.15, 0.2) is 24.3 Å². The van der Waals surface area contributed by atoms with Crippen LogP contribution in [0.4, 0.5) is 0 Å². The van der Waals surface area contributed by atoms with Crippen molar-refractivity contribution in [2.45, 2.75) is 0 Å². The molecule has 1 aliphatic heterocycles. The lowest BCUT2D eigenvalue weighted by Gasteiger charge is -2.11. The number of nitrogens with zero attached hydrogens (tertiary/aromatic N) is 1. The summed E-state index contributed by atoms with van der Waals surface area (Å²) in [6.07, 6.45) is 1.70. The van der Waals surface area contributed by atoms with Crippen LogP contribution >= 0.6 is 11.8 Å². The van der Waals surface area contributed by atoms with Crippen LogP contribution < -0.4 is 0 Å². The van der Waals surface area contributed by atoms with Crippen LogP contribution in [-0.2, 0) is 4.79 Å². The molecule has 0 aromatic heterocycles. The highest BCUT2D eigenvalue weighted by Crippen LogP contribution is 2.26. The van der Waals surface area contributed by atoms with E-state index in [1.54, 1.807) is 11.0 Å². The van der Waals surface area contributed by atoms with Crippen molar-refractivity contribution in [2.75, 3.05) is 12.3 Å². The summed E-state index contributed by atoms with van der Waals surface area (Å²) in [7, 11) is 0. The highest BCUT2D eigenvalue weighted by Gasteiger charge is 2.22. The minimum Gasteiger partial charge on any atom is -0.303 e. The molecule has 54 valence electrons. The molecule has 0 aromatic carbocycles. The van der Waals surface area contributed by atoms with E-state index in [9.17, 15) is 4.79 Å². The van der Waals surface area contributed by atoms with Gasteiger partial charge in [-0.15, -0.1) is 6.58 Å². The summed E-state index contributed by atoms with van der Waals surface area (Å²) < 4.78 is 0. The van der Waals surface area contributed by atoms with Crippen LogP contribution in [0.25, 0.3) is 0 Å². The van der Waals surface area contributed by atoms with E-state index in [-0.39, 0.29) is 5.91 Å². The molecule has 1 saturated heterocycles. The van der Waals surface area contributed by atoms with E-state index in [4.69, 9.17) is 0 Å². The number of carbonyl (C=O) groups excluding carboxylic acids is 1. The average molecular weight is 155 g/mol. The minimum absolute atomic E-state index is 0.134. The molecule has 0 bridgehead atoms. The van der Waals surface area contributed by atoms with Crippen molar-refractivity contribution in [3.05, 3.63) is 24.3 Å². The van der Waals surface area contributed by atoms with Gasteiger partial charge >= 0.3 is 0 Å². The molecule has 0 atom stereocenters. The fraction of sp³-hybridized carbons (Fsp3) is 0.286. The lowest BCUT2D eigenvalue weighted by Crippen LogP contribution is -2.23. The van der Waals surface area contributed by atoms with E-state index in [1.165, 1.54) is 11.8 Å². The Hall–Kier alpha value is -0.700. The Morgan fingerprint density at radius 3 is 2.90 bits per heavy atom. The number of hydrogen-bond donors (Lipinski definition) is 0. The molecule has 0 spiro atoms. The second kappa shape index (κ2) is 2.92. The molecule has 1 fully saturated rings. The summed E-state index contributed by atoms with van der Waals surface area (Å²) in [5, 5.41) is 0.838. The monoisotopic (exact) mass is 155 g/mol. The zero-order valence-corrected chi connectivity index (χ0v) is 6.49. The zero-order valence-electron chi connectivity index (χ0n) is 5.67. The van der Waals surface area contributed by atoms with Gasteiger partial charge in [-0.05, 0) is 0 Å². The van der Waals surface area contributed by atoms with Crippen molar-refractivity contribution < 1.29 is 4.79 Å². The highest BCUT2D eigenvalue weighted by atomic mass is 32.2. The maximum absolute atomic E-state index is 11.0. The molecule has 0 unspecified atom stereocenters. The van der Waals surface area contributed by atoms with E-state index in [1.807, 2.05) is 0 Å². The molecule has 1 aliphatic rings. The van der Waals surface area contributed by atoms with E-state index in [0.717, 1.165) is 5.03 Å². The Morgan fingerprint density at radius 2 is 2.50 bits per heavy atom. The van der Waals surface area contributed by atoms with Gasteiger partial charge in [0.15, 0.2) is 0 Å². The molecule has 3 heteroatoms. The molecule has 1 amide bonds. The van der Waals surface area contributed by atoms with Gasteiger partial charge in [0.2, 0.25) is 5.91 Å². The summed E-state index contributed by atoms with van der Waals surface area (Å²) >= 11 is 1.49. The molecule has 10 heavy (non-hydrogen) atoms. The van der Waals surface area contributed by atoms with Crippen molar-refractivity contribution in [3.8, 4) is 0 Å². The molecule has 1 rings (SSSR count). The third kappa shape index (κ3) is 1.24. The van der Waals surface area contributed by atoms with Crippen molar-refractivity contribution >= 4 is 17.7 Å². The number of rotatable bonds is 2. The van der Waals surface area contributed by atoms with Gasteiger partial charge in [0.25, 0.3) is 0 Å². The van der Waals surface area contributed by atoms with Crippen LogP contribution in [0.2, 0.25) is 0 Å². The summed E-state index contributed by atoms with van der Waals surface area (Å²) in [5.74, 6) is 0.669. The van der Waals surface area contributed by atoms with Crippen LogP contribution in [-0.4, -0.2) is 23.1 Å². The predicted molar refractivity (Wildman–Crippen MR) is 43.5 cm³/mol. The van der Waals surface area contributed by atoms with Gasteiger partial charge in [0.1, 0.15) is 0 Å². The molecule has 0 aliphatic carbocycles. The van der Waals surface area contributed by atoms with E-state index in [0.29, 0.717) is 12.3 Å². The first-order valence-electron chi connectivity index (χ1n) is 2.98. The highest BCUT2D eigenvalue weighted by molar-refractivity contribution is 8.04. The maximum Gasteiger partial charge on any atom is 0.238 e. The third-order valence-electron chi connectivity index (χ3n) is 1.28. The molecular weight excluding hydrogens is 146 g/mol. The molecule has 0 saturated carbocycles. The van der Waals surface area contributed by atoms with E-state index >= 15 is 0 Å². The van der Waals surface area contributed by atoms with Crippen LogP contribution in [0.5, 0.6) is 0 Å². The first-order valence-corrected chi connectivity index (χ1v) is 3.97. The third-order valence-corrected chi connectivity index (χ3v) is 2.22. The minimum atomic E-state index is 0.134. The van der Waals surface area contributed by atoms with Gasteiger partial charge < -0.3 is 4.90 Å². The predicted octanol–water partition coefficient (Wildman–Crippen LogP) is 1.22. The lowest BCUT2D eigenvalue weighted by molar-refractivity contribution is -0.124. The van der Waals surface area contributed by atoms with Gasteiger partial charge in [-0.3, -0.25) is 4.79 Å². The molecule has 1 heterocycles. The van der Waals surface area contributed by atoms with Gasteiger partial charge in [-0.25, -0.2) is 0 Å². The lowest BCUT2D eigenvalue weighted by atomic mass is 10.5. The SMILES string of the molecule is C=CCN1C(=C)SCC1=O. The molecule has 0 aromatic rings. The maximum atomic E-state index is 11.0. The first kappa shape index (κ1) is 7.41.